The number of hydrogen-bond acceptors (Lipinski definition) is 4. The van der Waals surface area contributed by atoms with Crippen molar-refractivity contribution in [3.05, 3.63) is 61.4 Å². The maximum absolute atomic E-state index is 12.5. The normalized spacial score (nSPS) is 12.3. The highest BCUT2D eigenvalue weighted by Gasteiger charge is 2.17. The quantitative estimate of drug-likeness (QED) is 0.144. The van der Waals surface area contributed by atoms with E-state index >= 15 is 0 Å². The zero-order valence-electron chi connectivity index (χ0n) is 21.7. The van der Waals surface area contributed by atoms with Crippen molar-refractivity contribution in [1.82, 2.24) is 0 Å². The highest BCUT2D eigenvalue weighted by molar-refractivity contribution is 7.91. The van der Waals surface area contributed by atoms with Crippen molar-refractivity contribution in [3.8, 4) is 16.9 Å². The van der Waals surface area contributed by atoms with Crippen LogP contribution in [0.3, 0.4) is 0 Å². The van der Waals surface area contributed by atoms with Crippen molar-refractivity contribution in [2.45, 2.75) is 83.0 Å². The van der Waals surface area contributed by atoms with Gasteiger partial charge in [-0.15, -0.1) is 0 Å². The Morgan fingerprint density at radius 1 is 0.771 bits per heavy atom. The highest BCUT2D eigenvalue weighted by atomic mass is 32.2. The molecule has 0 saturated heterocycles. The molecule has 0 aliphatic rings. The molecule has 1 atom stereocenters. The minimum absolute atomic E-state index is 0.163. The molecule has 2 rings (SSSR count). The van der Waals surface area contributed by atoms with Crippen LogP contribution in [-0.2, 0) is 14.6 Å². The summed E-state index contributed by atoms with van der Waals surface area (Å²) in [4.78, 5) is 0.399. The first-order chi connectivity index (χ1) is 17.0. The summed E-state index contributed by atoms with van der Waals surface area (Å²) < 4.78 is 36.1. The van der Waals surface area contributed by atoms with Gasteiger partial charge < -0.3 is 9.47 Å². The Balaban J connectivity index is 1.63. The second kappa shape index (κ2) is 16.4. The van der Waals surface area contributed by atoms with E-state index in [1.807, 2.05) is 50.2 Å². The second-order valence-electron chi connectivity index (χ2n) is 9.41. The van der Waals surface area contributed by atoms with Crippen LogP contribution in [0.4, 0.5) is 0 Å². The molecule has 2 aromatic rings. The average molecular weight is 501 g/mol. The van der Waals surface area contributed by atoms with E-state index in [0.717, 1.165) is 49.4 Å². The average Bonchev–Trinajstić information content (AvgIpc) is 2.87. The van der Waals surface area contributed by atoms with Crippen LogP contribution in [0, 0.1) is 5.92 Å². The lowest BCUT2D eigenvalue weighted by atomic mass is 10.1. The SMILES string of the molecule is C=COCCCCCCCCCCCOc1ccc(-c2ccc(S(=O)(=O)C[C@@H](C)CC)cc2)cc1. The maximum atomic E-state index is 12.5. The third-order valence-corrected chi connectivity index (χ3v) is 8.39. The van der Waals surface area contributed by atoms with Crippen LogP contribution in [-0.4, -0.2) is 27.4 Å². The fourth-order valence-corrected chi connectivity index (χ4v) is 5.71. The molecule has 0 saturated carbocycles. The Hall–Kier alpha value is -2.27. The van der Waals surface area contributed by atoms with Crippen molar-refractivity contribution in [2.24, 2.45) is 5.92 Å². The molecular formula is C30H44O4S. The fourth-order valence-electron chi connectivity index (χ4n) is 3.99. The Bertz CT molecular complexity index is 933. The maximum Gasteiger partial charge on any atom is 0.178 e. The molecule has 194 valence electrons. The Morgan fingerprint density at radius 3 is 1.77 bits per heavy atom. The van der Waals surface area contributed by atoms with Crippen LogP contribution in [0.25, 0.3) is 11.1 Å². The molecule has 2 aromatic carbocycles. The first kappa shape index (κ1) is 29.0. The van der Waals surface area contributed by atoms with E-state index in [-0.39, 0.29) is 11.7 Å². The Morgan fingerprint density at radius 2 is 1.26 bits per heavy atom. The molecule has 0 amide bonds. The molecule has 0 bridgehead atoms. The van der Waals surface area contributed by atoms with Gasteiger partial charge in [-0.2, -0.15) is 0 Å². The summed E-state index contributed by atoms with van der Waals surface area (Å²) in [5, 5.41) is 0. The molecule has 35 heavy (non-hydrogen) atoms. The third-order valence-electron chi connectivity index (χ3n) is 6.40. The van der Waals surface area contributed by atoms with Crippen molar-refractivity contribution in [3.63, 3.8) is 0 Å². The topological polar surface area (TPSA) is 52.6 Å². The molecule has 0 N–H and O–H groups in total. The van der Waals surface area contributed by atoms with Gasteiger partial charge in [-0.1, -0.05) is 96.1 Å². The standard InChI is InChI=1S/C30H44O4S/c1-4-26(3)25-35(31,32)30-21-17-28(18-22-30)27-15-19-29(20-16-27)34-24-14-12-10-8-6-7-9-11-13-23-33-5-2/h5,15-22,26H,2,4,6-14,23-25H2,1,3H3/t26-/m0/s1. The van der Waals surface area contributed by atoms with Crippen molar-refractivity contribution < 1.29 is 17.9 Å². The van der Waals surface area contributed by atoms with Gasteiger partial charge in [-0.05, 0) is 54.2 Å². The van der Waals surface area contributed by atoms with Gasteiger partial charge in [0.25, 0.3) is 0 Å². The fraction of sp³-hybridized carbons (Fsp3) is 0.533. The molecule has 0 aliphatic carbocycles. The zero-order chi connectivity index (χ0) is 25.4. The van der Waals surface area contributed by atoms with Crippen LogP contribution < -0.4 is 4.74 Å². The molecule has 0 aromatic heterocycles. The lowest BCUT2D eigenvalue weighted by Gasteiger charge is -2.11. The molecule has 4 nitrogen and oxygen atoms in total. The predicted molar refractivity (Wildman–Crippen MR) is 147 cm³/mol. The monoisotopic (exact) mass is 500 g/mol. The molecule has 0 heterocycles. The number of rotatable bonds is 19. The van der Waals surface area contributed by atoms with Gasteiger partial charge in [0, 0.05) is 0 Å². The van der Waals surface area contributed by atoms with E-state index in [4.69, 9.17) is 9.47 Å². The minimum atomic E-state index is -3.23. The Labute approximate surface area is 213 Å². The summed E-state index contributed by atoms with van der Waals surface area (Å²) in [7, 11) is -3.23. The van der Waals surface area contributed by atoms with Crippen molar-refractivity contribution in [1.29, 1.82) is 0 Å². The van der Waals surface area contributed by atoms with E-state index in [9.17, 15) is 8.42 Å². The van der Waals surface area contributed by atoms with E-state index in [1.54, 1.807) is 12.1 Å². The van der Waals surface area contributed by atoms with Gasteiger partial charge in [0.1, 0.15) is 5.75 Å². The van der Waals surface area contributed by atoms with Gasteiger partial charge in [-0.25, -0.2) is 8.42 Å². The van der Waals surface area contributed by atoms with Gasteiger partial charge in [0.15, 0.2) is 9.84 Å². The van der Waals surface area contributed by atoms with Gasteiger partial charge in [0.2, 0.25) is 0 Å². The van der Waals surface area contributed by atoms with Crippen LogP contribution in [0.5, 0.6) is 5.75 Å². The third kappa shape index (κ3) is 11.3. The van der Waals surface area contributed by atoms with Gasteiger partial charge in [0.05, 0.1) is 30.1 Å². The van der Waals surface area contributed by atoms with E-state index in [2.05, 4.69) is 6.58 Å². The number of ether oxygens (including phenoxy) is 2. The molecule has 0 radical (unpaired) electrons. The molecule has 5 heteroatoms. The number of benzene rings is 2. The molecule has 0 spiro atoms. The lowest BCUT2D eigenvalue weighted by Crippen LogP contribution is -2.13. The zero-order valence-corrected chi connectivity index (χ0v) is 22.5. The van der Waals surface area contributed by atoms with Gasteiger partial charge >= 0.3 is 0 Å². The molecule has 0 unspecified atom stereocenters. The Kier molecular flexibility index (Phi) is 13.6. The summed E-state index contributed by atoms with van der Waals surface area (Å²) in [6, 6.07) is 15.2. The highest BCUT2D eigenvalue weighted by Crippen LogP contribution is 2.25. The van der Waals surface area contributed by atoms with E-state index < -0.39 is 9.84 Å². The second-order valence-corrected chi connectivity index (χ2v) is 11.4. The van der Waals surface area contributed by atoms with Crippen LogP contribution in [0.15, 0.2) is 66.3 Å². The van der Waals surface area contributed by atoms with Crippen molar-refractivity contribution >= 4 is 9.84 Å². The summed E-state index contributed by atoms with van der Waals surface area (Å²) >= 11 is 0. The largest absolute Gasteiger partial charge is 0.502 e. The van der Waals surface area contributed by atoms with E-state index in [0.29, 0.717) is 4.90 Å². The summed E-state index contributed by atoms with van der Waals surface area (Å²) in [6.45, 7) is 9.08. The van der Waals surface area contributed by atoms with Crippen LogP contribution in [0.2, 0.25) is 0 Å². The first-order valence-electron chi connectivity index (χ1n) is 13.2. The number of unbranched alkanes of at least 4 members (excludes halogenated alkanes) is 8. The van der Waals surface area contributed by atoms with Crippen molar-refractivity contribution in [2.75, 3.05) is 19.0 Å². The lowest BCUT2D eigenvalue weighted by molar-refractivity contribution is 0.241. The number of hydrogen-bond donors (Lipinski definition) is 0. The molecule has 0 fully saturated rings. The molecule has 0 aliphatic heterocycles. The molecular weight excluding hydrogens is 456 g/mol. The minimum Gasteiger partial charge on any atom is -0.502 e. The summed E-state index contributed by atoms with van der Waals surface area (Å²) in [6.07, 6.45) is 13.5. The van der Waals surface area contributed by atoms with Crippen LogP contribution in [0.1, 0.15) is 78.1 Å². The summed E-state index contributed by atoms with van der Waals surface area (Å²) in [5.74, 6) is 1.24. The van der Waals surface area contributed by atoms with E-state index in [1.165, 1.54) is 51.2 Å². The van der Waals surface area contributed by atoms with Gasteiger partial charge in [-0.3, -0.25) is 0 Å². The summed E-state index contributed by atoms with van der Waals surface area (Å²) in [5.41, 5.74) is 2.06. The predicted octanol–water partition coefficient (Wildman–Crippen LogP) is 8.22. The number of sulfone groups is 1. The van der Waals surface area contributed by atoms with Crippen LogP contribution >= 0.6 is 0 Å². The first-order valence-corrected chi connectivity index (χ1v) is 14.9. The smallest absolute Gasteiger partial charge is 0.178 e.